The molecular weight excluding hydrogens is 400 g/mol. The van der Waals surface area contributed by atoms with Gasteiger partial charge in [-0.1, -0.05) is 0 Å². The summed E-state index contributed by atoms with van der Waals surface area (Å²) in [6.45, 7) is 1.28. The highest BCUT2D eigenvalue weighted by atomic mass is 16.2. The molecule has 5 rings (SSSR count). The van der Waals surface area contributed by atoms with Gasteiger partial charge >= 0.3 is 0 Å². The Balaban J connectivity index is 1.39. The number of nitrogens with one attached hydrogen (secondary N) is 1. The van der Waals surface area contributed by atoms with Crippen LogP contribution in [0.3, 0.4) is 0 Å². The molecule has 10 nitrogen and oxygen atoms in total. The molecule has 160 valence electrons. The fourth-order valence-electron chi connectivity index (χ4n) is 4.68. The summed E-state index contributed by atoms with van der Waals surface area (Å²) in [4.78, 5) is 52.6. The maximum absolute atomic E-state index is 13.0. The van der Waals surface area contributed by atoms with E-state index in [4.69, 9.17) is 5.73 Å². The summed E-state index contributed by atoms with van der Waals surface area (Å²) in [5.74, 6) is -1.92. The van der Waals surface area contributed by atoms with Gasteiger partial charge in [-0.25, -0.2) is 0 Å². The van der Waals surface area contributed by atoms with Crippen molar-refractivity contribution in [2.24, 2.45) is 12.8 Å². The van der Waals surface area contributed by atoms with Crippen molar-refractivity contribution in [3.8, 4) is 0 Å². The molecule has 3 N–H and O–H groups in total. The standard InChI is InChI=1S/C21H22N6O4/c1-25-8-11(7-23-25)15-9-26(10-16(15)22)12-2-3-13-14(6-12)21(31)27(20(13)30)17-4-5-18(28)24-19(17)29/h2-3,6-8,15-17H,4-5,9-10,22H2,1H3,(H,24,28,29)/t15-,16+,17?/m0/s1. The number of hydrogen-bond donors (Lipinski definition) is 2. The van der Waals surface area contributed by atoms with E-state index in [2.05, 4.69) is 15.3 Å². The van der Waals surface area contributed by atoms with Crippen LogP contribution in [0.5, 0.6) is 0 Å². The van der Waals surface area contributed by atoms with Gasteiger partial charge in [0.1, 0.15) is 6.04 Å². The molecule has 0 saturated carbocycles. The Labute approximate surface area is 178 Å². The predicted molar refractivity (Wildman–Crippen MR) is 109 cm³/mol. The normalized spacial score (nSPS) is 25.9. The molecule has 2 fully saturated rings. The average molecular weight is 422 g/mol. The van der Waals surface area contributed by atoms with Gasteiger partial charge < -0.3 is 10.6 Å². The Hall–Kier alpha value is -3.53. The van der Waals surface area contributed by atoms with Gasteiger partial charge in [-0.05, 0) is 30.2 Å². The second-order valence-electron chi connectivity index (χ2n) is 8.30. The van der Waals surface area contributed by atoms with Crippen LogP contribution in [0.2, 0.25) is 0 Å². The van der Waals surface area contributed by atoms with Crippen LogP contribution in [0.25, 0.3) is 0 Å². The lowest BCUT2D eigenvalue weighted by Gasteiger charge is -2.27. The molecule has 0 aliphatic carbocycles. The van der Waals surface area contributed by atoms with Crippen LogP contribution in [0.4, 0.5) is 5.69 Å². The number of nitrogens with two attached hydrogens (primary N) is 1. The summed E-state index contributed by atoms with van der Waals surface area (Å²) >= 11 is 0. The smallest absolute Gasteiger partial charge is 0.262 e. The summed E-state index contributed by atoms with van der Waals surface area (Å²) < 4.78 is 1.74. The number of rotatable bonds is 3. The molecule has 2 saturated heterocycles. The summed E-state index contributed by atoms with van der Waals surface area (Å²) in [5, 5.41) is 6.43. The van der Waals surface area contributed by atoms with Crippen molar-refractivity contribution in [1.29, 1.82) is 0 Å². The van der Waals surface area contributed by atoms with E-state index in [9.17, 15) is 19.2 Å². The van der Waals surface area contributed by atoms with Crippen molar-refractivity contribution in [3.63, 3.8) is 0 Å². The third-order valence-corrected chi connectivity index (χ3v) is 6.31. The minimum absolute atomic E-state index is 0.0882. The number of nitrogens with zero attached hydrogens (tertiary/aromatic N) is 4. The van der Waals surface area contributed by atoms with Crippen LogP contribution in [0, 0.1) is 0 Å². The molecular formula is C21H22N6O4. The Kier molecular flexibility index (Phi) is 4.40. The monoisotopic (exact) mass is 422 g/mol. The van der Waals surface area contributed by atoms with Gasteiger partial charge in [0.05, 0.1) is 17.3 Å². The largest absolute Gasteiger partial charge is 0.369 e. The first kappa shape index (κ1) is 19.4. The number of piperidine rings is 1. The van der Waals surface area contributed by atoms with E-state index in [0.29, 0.717) is 13.1 Å². The van der Waals surface area contributed by atoms with Gasteiger partial charge in [0, 0.05) is 50.4 Å². The number of imide groups is 2. The number of hydrogen-bond acceptors (Lipinski definition) is 7. The van der Waals surface area contributed by atoms with Gasteiger partial charge in [-0.15, -0.1) is 0 Å². The molecule has 0 bridgehead atoms. The van der Waals surface area contributed by atoms with Crippen molar-refractivity contribution in [3.05, 3.63) is 47.3 Å². The minimum Gasteiger partial charge on any atom is -0.369 e. The van der Waals surface area contributed by atoms with E-state index in [1.54, 1.807) is 22.9 Å². The molecule has 1 aromatic heterocycles. The lowest BCUT2D eigenvalue weighted by Crippen LogP contribution is -2.54. The predicted octanol–water partition coefficient (Wildman–Crippen LogP) is -0.248. The minimum atomic E-state index is -0.969. The van der Waals surface area contributed by atoms with E-state index in [1.807, 2.05) is 19.4 Å². The molecule has 3 aliphatic heterocycles. The molecule has 0 spiro atoms. The Morgan fingerprint density at radius 1 is 1.10 bits per heavy atom. The molecule has 1 unspecified atom stereocenters. The first-order valence-corrected chi connectivity index (χ1v) is 10.2. The zero-order valence-electron chi connectivity index (χ0n) is 16.9. The summed E-state index contributed by atoms with van der Waals surface area (Å²) in [6, 6.07) is 4.06. The fourth-order valence-corrected chi connectivity index (χ4v) is 4.68. The third kappa shape index (κ3) is 3.10. The van der Waals surface area contributed by atoms with Crippen LogP contribution < -0.4 is 16.0 Å². The molecule has 31 heavy (non-hydrogen) atoms. The highest BCUT2D eigenvalue weighted by Crippen LogP contribution is 2.34. The molecule has 3 aliphatic rings. The van der Waals surface area contributed by atoms with E-state index in [1.165, 1.54) is 0 Å². The summed E-state index contributed by atoms with van der Waals surface area (Å²) in [6.07, 6.45) is 4.00. The molecule has 1 aromatic carbocycles. The molecule has 3 atom stereocenters. The lowest BCUT2D eigenvalue weighted by molar-refractivity contribution is -0.136. The van der Waals surface area contributed by atoms with Crippen LogP contribution in [0.15, 0.2) is 30.6 Å². The zero-order valence-corrected chi connectivity index (χ0v) is 16.9. The zero-order chi connectivity index (χ0) is 21.9. The van der Waals surface area contributed by atoms with Crippen LogP contribution >= 0.6 is 0 Å². The Bertz CT molecular complexity index is 1120. The van der Waals surface area contributed by atoms with E-state index >= 15 is 0 Å². The highest BCUT2D eigenvalue weighted by molar-refractivity contribution is 6.23. The topological polar surface area (TPSA) is 131 Å². The number of aromatic nitrogens is 2. The summed E-state index contributed by atoms with van der Waals surface area (Å²) in [5.41, 5.74) is 8.78. The maximum Gasteiger partial charge on any atom is 0.262 e. The number of benzene rings is 1. The molecule has 4 amide bonds. The van der Waals surface area contributed by atoms with Crippen molar-refractivity contribution in [2.75, 3.05) is 18.0 Å². The van der Waals surface area contributed by atoms with Crippen LogP contribution in [0.1, 0.15) is 45.0 Å². The number of carbonyl (C=O) groups is 4. The molecule has 2 aromatic rings. The number of carbonyl (C=O) groups excluding carboxylic acids is 4. The Morgan fingerprint density at radius 3 is 2.58 bits per heavy atom. The van der Waals surface area contributed by atoms with E-state index in [0.717, 1.165) is 16.2 Å². The fraction of sp³-hybridized carbons (Fsp3) is 0.381. The second-order valence-corrected chi connectivity index (χ2v) is 8.30. The number of anilines is 1. The maximum atomic E-state index is 13.0. The number of amides is 4. The van der Waals surface area contributed by atoms with Crippen LogP contribution in [-0.2, 0) is 16.6 Å². The van der Waals surface area contributed by atoms with Gasteiger partial charge in [-0.2, -0.15) is 5.10 Å². The molecule has 0 radical (unpaired) electrons. The highest BCUT2D eigenvalue weighted by Gasteiger charge is 2.45. The molecule has 4 heterocycles. The lowest BCUT2D eigenvalue weighted by atomic mass is 9.98. The van der Waals surface area contributed by atoms with Crippen molar-refractivity contribution in [1.82, 2.24) is 20.0 Å². The third-order valence-electron chi connectivity index (χ3n) is 6.31. The van der Waals surface area contributed by atoms with Crippen molar-refractivity contribution >= 4 is 29.3 Å². The number of aryl methyl sites for hydroxylation is 1. The van der Waals surface area contributed by atoms with E-state index < -0.39 is 29.7 Å². The first-order chi connectivity index (χ1) is 14.8. The molecule has 10 heteroatoms. The second kappa shape index (κ2) is 7.02. The quantitative estimate of drug-likeness (QED) is 0.653. The first-order valence-electron chi connectivity index (χ1n) is 10.2. The number of fused-ring (bicyclic) bond motifs is 1. The van der Waals surface area contributed by atoms with Crippen molar-refractivity contribution in [2.45, 2.75) is 30.8 Å². The van der Waals surface area contributed by atoms with Gasteiger partial charge in [0.25, 0.3) is 11.8 Å². The summed E-state index contributed by atoms with van der Waals surface area (Å²) in [7, 11) is 1.86. The van der Waals surface area contributed by atoms with Gasteiger partial charge in [0.15, 0.2) is 0 Å². The van der Waals surface area contributed by atoms with Gasteiger partial charge in [0.2, 0.25) is 11.8 Å². The van der Waals surface area contributed by atoms with E-state index in [-0.39, 0.29) is 35.9 Å². The van der Waals surface area contributed by atoms with Gasteiger partial charge in [-0.3, -0.25) is 34.1 Å². The Morgan fingerprint density at radius 2 is 1.87 bits per heavy atom. The average Bonchev–Trinajstić information content (AvgIpc) is 3.40. The van der Waals surface area contributed by atoms with Crippen LogP contribution in [-0.4, -0.2) is 63.5 Å². The SMILES string of the molecule is Cn1cc([C@@H]2CN(c3ccc4c(c3)C(=O)N(C3CCC(=O)NC3=O)C4=O)C[C@H]2N)cn1. The van der Waals surface area contributed by atoms with Crippen molar-refractivity contribution < 1.29 is 19.2 Å².